The zero-order valence-electron chi connectivity index (χ0n) is 14.6. The normalized spacial score (nSPS) is 18.1. The second kappa shape index (κ2) is 6.84. The summed E-state index contributed by atoms with van der Waals surface area (Å²) >= 11 is 0. The van der Waals surface area contributed by atoms with Gasteiger partial charge >= 0.3 is 0 Å². The zero-order valence-corrected chi connectivity index (χ0v) is 14.6. The number of hydrogen-bond acceptors (Lipinski definition) is 3. The molecule has 1 atom stereocenters. The minimum atomic E-state index is -0.493. The molecule has 1 saturated heterocycles. The molecule has 2 aromatic carbocycles. The third-order valence-electron chi connectivity index (χ3n) is 4.91. The molecule has 1 aliphatic heterocycles. The van der Waals surface area contributed by atoms with Crippen LogP contribution in [0.25, 0.3) is 10.9 Å². The second-order valence-electron chi connectivity index (χ2n) is 6.66. The summed E-state index contributed by atoms with van der Waals surface area (Å²) in [4.78, 5) is 19.1. The van der Waals surface area contributed by atoms with E-state index in [0.717, 1.165) is 22.0 Å². The second-order valence-corrected chi connectivity index (χ2v) is 6.66. The molecule has 1 amide bonds. The lowest BCUT2D eigenvalue weighted by molar-refractivity contribution is -0.129. The number of nitrogens with zero attached hydrogens (tertiary/aromatic N) is 2. The summed E-state index contributed by atoms with van der Waals surface area (Å²) in [6.07, 6.45) is 1.79. The van der Waals surface area contributed by atoms with Crippen LogP contribution in [-0.4, -0.2) is 28.9 Å². The van der Waals surface area contributed by atoms with E-state index in [1.54, 1.807) is 18.3 Å². The van der Waals surface area contributed by atoms with E-state index in [2.05, 4.69) is 33.4 Å². The van der Waals surface area contributed by atoms with Crippen LogP contribution in [0.3, 0.4) is 0 Å². The van der Waals surface area contributed by atoms with Crippen molar-refractivity contribution in [2.45, 2.75) is 19.5 Å². The number of pyridine rings is 1. The van der Waals surface area contributed by atoms with Crippen molar-refractivity contribution in [3.8, 4) is 0 Å². The van der Waals surface area contributed by atoms with Gasteiger partial charge in [-0.15, -0.1) is 0 Å². The Morgan fingerprint density at radius 3 is 2.96 bits per heavy atom. The Morgan fingerprint density at radius 1 is 1.23 bits per heavy atom. The van der Waals surface area contributed by atoms with E-state index in [1.165, 1.54) is 12.1 Å². The number of aromatic nitrogens is 1. The maximum Gasteiger partial charge on any atom is 0.242 e. The lowest BCUT2D eigenvalue weighted by atomic mass is 9.99. The highest BCUT2D eigenvalue weighted by atomic mass is 19.1. The van der Waals surface area contributed by atoms with Crippen LogP contribution in [0.4, 0.5) is 4.39 Å². The minimum absolute atomic E-state index is 0.0867. The molecule has 1 aliphatic rings. The van der Waals surface area contributed by atoms with Gasteiger partial charge in [0.2, 0.25) is 5.91 Å². The van der Waals surface area contributed by atoms with Gasteiger partial charge in [0.1, 0.15) is 11.9 Å². The van der Waals surface area contributed by atoms with Crippen molar-refractivity contribution in [2.75, 3.05) is 13.1 Å². The predicted octanol–water partition coefficient (Wildman–Crippen LogP) is 3.36. The number of rotatable bonds is 3. The summed E-state index contributed by atoms with van der Waals surface area (Å²) in [5.74, 6) is -0.415. The van der Waals surface area contributed by atoms with E-state index < -0.39 is 6.04 Å². The first-order chi connectivity index (χ1) is 12.6. The van der Waals surface area contributed by atoms with E-state index in [9.17, 15) is 9.18 Å². The number of nitrogens with one attached hydrogen (secondary N) is 1. The Labute approximate surface area is 151 Å². The number of fused-ring (bicyclic) bond motifs is 1. The summed E-state index contributed by atoms with van der Waals surface area (Å²) in [5.41, 5.74) is 3.91. The van der Waals surface area contributed by atoms with E-state index in [1.807, 2.05) is 13.0 Å². The predicted molar refractivity (Wildman–Crippen MR) is 99.0 cm³/mol. The van der Waals surface area contributed by atoms with Gasteiger partial charge in [0, 0.05) is 31.2 Å². The summed E-state index contributed by atoms with van der Waals surface area (Å²) in [5, 5.41) is 3.99. The van der Waals surface area contributed by atoms with Gasteiger partial charge in [0.15, 0.2) is 0 Å². The van der Waals surface area contributed by atoms with E-state index >= 15 is 0 Å². The number of aryl methyl sites for hydroxylation is 1. The van der Waals surface area contributed by atoms with E-state index in [4.69, 9.17) is 0 Å². The maximum absolute atomic E-state index is 13.7. The SMILES string of the molecule is Cc1ccc(CN2CCNC(=O)C2c2cccc(F)c2)c2cccnc12. The van der Waals surface area contributed by atoms with Gasteiger partial charge in [-0.25, -0.2) is 4.39 Å². The molecular formula is C21H20FN3O. The van der Waals surface area contributed by atoms with Gasteiger partial charge in [-0.3, -0.25) is 14.7 Å². The molecule has 1 unspecified atom stereocenters. The molecule has 1 N–H and O–H groups in total. The Morgan fingerprint density at radius 2 is 2.12 bits per heavy atom. The molecule has 5 heteroatoms. The van der Waals surface area contributed by atoms with Gasteiger partial charge in [-0.05, 0) is 41.8 Å². The molecule has 4 nitrogen and oxygen atoms in total. The summed E-state index contributed by atoms with van der Waals surface area (Å²) < 4.78 is 13.7. The molecule has 2 heterocycles. The van der Waals surface area contributed by atoms with Crippen molar-refractivity contribution in [1.29, 1.82) is 0 Å². The first kappa shape index (κ1) is 16.7. The average Bonchev–Trinajstić information content (AvgIpc) is 2.64. The molecule has 3 aromatic rings. The Balaban J connectivity index is 1.72. The van der Waals surface area contributed by atoms with E-state index in [0.29, 0.717) is 25.2 Å². The average molecular weight is 349 g/mol. The highest BCUT2D eigenvalue weighted by Crippen LogP contribution is 2.28. The summed E-state index contributed by atoms with van der Waals surface area (Å²) in [6.45, 7) is 3.95. The maximum atomic E-state index is 13.7. The molecule has 132 valence electrons. The van der Waals surface area contributed by atoms with Crippen LogP contribution in [0.15, 0.2) is 54.7 Å². The lowest BCUT2D eigenvalue weighted by Gasteiger charge is -2.35. The van der Waals surface area contributed by atoms with Gasteiger partial charge in [0.25, 0.3) is 0 Å². The Hall–Kier alpha value is -2.79. The topological polar surface area (TPSA) is 45.2 Å². The summed E-state index contributed by atoms with van der Waals surface area (Å²) in [7, 11) is 0. The number of amides is 1. The third-order valence-corrected chi connectivity index (χ3v) is 4.91. The summed E-state index contributed by atoms with van der Waals surface area (Å²) in [6, 6.07) is 13.9. The molecule has 1 aromatic heterocycles. The van der Waals surface area contributed by atoms with Gasteiger partial charge in [-0.1, -0.05) is 30.3 Å². The van der Waals surface area contributed by atoms with Crippen molar-refractivity contribution < 1.29 is 9.18 Å². The number of piperazine rings is 1. The quantitative estimate of drug-likeness (QED) is 0.789. The first-order valence-corrected chi connectivity index (χ1v) is 8.74. The largest absolute Gasteiger partial charge is 0.353 e. The van der Waals surface area contributed by atoms with Crippen molar-refractivity contribution in [3.63, 3.8) is 0 Å². The van der Waals surface area contributed by atoms with E-state index in [-0.39, 0.29) is 11.7 Å². The van der Waals surface area contributed by atoms with Crippen LogP contribution in [0.2, 0.25) is 0 Å². The molecule has 0 saturated carbocycles. The van der Waals surface area contributed by atoms with Crippen molar-refractivity contribution in [3.05, 3.63) is 77.2 Å². The number of carbonyl (C=O) groups is 1. The van der Waals surface area contributed by atoms with Gasteiger partial charge in [-0.2, -0.15) is 0 Å². The highest BCUT2D eigenvalue weighted by molar-refractivity contribution is 5.86. The molecule has 1 fully saturated rings. The number of benzene rings is 2. The number of carbonyl (C=O) groups excluding carboxylic acids is 1. The van der Waals surface area contributed by atoms with Crippen LogP contribution in [0.5, 0.6) is 0 Å². The fourth-order valence-corrected chi connectivity index (χ4v) is 3.65. The molecule has 4 rings (SSSR count). The standard InChI is InChI=1S/C21H20FN3O/c1-14-7-8-16(18-6-3-9-23-19(14)18)13-25-11-10-24-21(26)20(25)15-4-2-5-17(22)12-15/h2-9,12,20H,10-11,13H2,1H3,(H,24,26). The monoisotopic (exact) mass is 349 g/mol. The molecule has 0 aliphatic carbocycles. The fourth-order valence-electron chi connectivity index (χ4n) is 3.65. The minimum Gasteiger partial charge on any atom is -0.353 e. The van der Waals surface area contributed by atoms with Crippen LogP contribution < -0.4 is 5.32 Å². The van der Waals surface area contributed by atoms with Gasteiger partial charge < -0.3 is 5.32 Å². The highest BCUT2D eigenvalue weighted by Gasteiger charge is 2.31. The van der Waals surface area contributed by atoms with Crippen molar-refractivity contribution in [2.24, 2.45) is 0 Å². The molecule has 26 heavy (non-hydrogen) atoms. The molecular weight excluding hydrogens is 329 g/mol. The van der Waals surface area contributed by atoms with Crippen LogP contribution in [0.1, 0.15) is 22.7 Å². The van der Waals surface area contributed by atoms with Crippen LogP contribution in [-0.2, 0) is 11.3 Å². The van der Waals surface area contributed by atoms with Crippen molar-refractivity contribution in [1.82, 2.24) is 15.2 Å². The smallest absolute Gasteiger partial charge is 0.242 e. The Kier molecular flexibility index (Phi) is 4.39. The number of hydrogen-bond donors (Lipinski definition) is 1. The molecule has 0 radical (unpaired) electrons. The van der Waals surface area contributed by atoms with Crippen LogP contribution in [0, 0.1) is 12.7 Å². The molecule has 0 spiro atoms. The molecule has 0 bridgehead atoms. The first-order valence-electron chi connectivity index (χ1n) is 8.74. The fraction of sp³-hybridized carbons (Fsp3) is 0.238. The van der Waals surface area contributed by atoms with Crippen LogP contribution >= 0.6 is 0 Å². The van der Waals surface area contributed by atoms with Gasteiger partial charge in [0.05, 0.1) is 5.52 Å². The van der Waals surface area contributed by atoms with Crippen molar-refractivity contribution >= 4 is 16.8 Å². The lowest BCUT2D eigenvalue weighted by Crippen LogP contribution is -2.49. The Bertz CT molecular complexity index is 972. The zero-order chi connectivity index (χ0) is 18.1. The third kappa shape index (κ3) is 3.06. The number of halogens is 1.